The van der Waals surface area contributed by atoms with E-state index in [1.165, 1.54) is 11.3 Å². The Morgan fingerprint density at radius 3 is 2.29 bits per heavy atom. The van der Waals surface area contributed by atoms with Crippen LogP contribution >= 0.6 is 11.3 Å². The maximum absolute atomic E-state index is 13.0. The summed E-state index contributed by atoms with van der Waals surface area (Å²) < 4.78 is 52.2. The Hall–Kier alpha value is -1.22. The Kier molecular flexibility index (Phi) is 6.19. The Morgan fingerprint density at radius 1 is 1.08 bits per heavy atom. The van der Waals surface area contributed by atoms with Gasteiger partial charge in [-0.25, -0.2) is 21.6 Å². The van der Waals surface area contributed by atoms with Gasteiger partial charge in [-0.1, -0.05) is 30.7 Å². The summed E-state index contributed by atoms with van der Waals surface area (Å²) in [6, 6.07) is 10.1. The molecule has 2 aromatic rings. The molecule has 1 unspecified atom stereocenters. The van der Waals surface area contributed by atoms with Crippen LogP contribution in [0.3, 0.4) is 0 Å². The average Bonchev–Trinajstić information content (AvgIpc) is 3.01. The van der Waals surface area contributed by atoms with E-state index in [1.54, 1.807) is 48.7 Å². The standard InChI is InChI=1S/C16H21NO4S3/c1-3-11-23(18,19)17-12-16(15-5-4-10-22-15)24(20,21)14-8-6-13(2)7-9-14/h4-10,16-17H,3,11-12H2,1-2H3. The van der Waals surface area contributed by atoms with E-state index < -0.39 is 25.1 Å². The second-order valence-electron chi connectivity index (χ2n) is 5.53. The van der Waals surface area contributed by atoms with Gasteiger partial charge >= 0.3 is 0 Å². The lowest BCUT2D eigenvalue weighted by molar-refractivity contribution is 0.569. The van der Waals surface area contributed by atoms with E-state index >= 15 is 0 Å². The molecule has 0 fully saturated rings. The maximum Gasteiger partial charge on any atom is 0.211 e. The third-order valence-corrected chi connectivity index (χ3v) is 8.33. The van der Waals surface area contributed by atoms with Crippen molar-refractivity contribution in [3.63, 3.8) is 0 Å². The van der Waals surface area contributed by atoms with Crippen molar-refractivity contribution in [2.24, 2.45) is 0 Å². The van der Waals surface area contributed by atoms with Gasteiger partial charge in [-0.05, 0) is 36.9 Å². The van der Waals surface area contributed by atoms with E-state index in [9.17, 15) is 16.8 Å². The largest absolute Gasteiger partial charge is 0.223 e. The first kappa shape index (κ1) is 19.1. The number of thiophene rings is 1. The SMILES string of the molecule is CCCS(=O)(=O)NCC(c1cccs1)S(=O)(=O)c1ccc(C)cc1. The van der Waals surface area contributed by atoms with Gasteiger partial charge in [0, 0.05) is 11.4 Å². The first-order chi connectivity index (χ1) is 11.3. The highest BCUT2D eigenvalue weighted by Gasteiger charge is 2.31. The molecule has 1 heterocycles. The van der Waals surface area contributed by atoms with Crippen molar-refractivity contribution >= 4 is 31.2 Å². The summed E-state index contributed by atoms with van der Waals surface area (Å²) in [7, 11) is -7.17. The van der Waals surface area contributed by atoms with Crippen LogP contribution in [0.4, 0.5) is 0 Å². The van der Waals surface area contributed by atoms with Gasteiger partial charge in [0.15, 0.2) is 9.84 Å². The molecule has 1 N–H and O–H groups in total. The van der Waals surface area contributed by atoms with E-state index in [4.69, 9.17) is 0 Å². The van der Waals surface area contributed by atoms with E-state index in [0.717, 1.165) is 5.56 Å². The fourth-order valence-electron chi connectivity index (χ4n) is 2.27. The van der Waals surface area contributed by atoms with Crippen molar-refractivity contribution in [3.05, 3.63) is 52.2 Å². The topological polar surface area (TPSA) is 80.3 Å². The zero-order chi connectivity index (χ0) is 17.8. The molecule has 132 valence electrons. The van der Waals surface area contributed by atoms with Crippen LogP contribution in [0.5, 0.6) is 0 Å². The molecule has 2 rings (SSSR count). The molecule has 0 bridgehead atoms. The molecule has 0 radical (unpaired) electrons. The van der Waals surface area contributed by atoms with Gasteiger partial charge in [0.2, 0.25) is 10.0 Å². The summed E-state index contributed by atoms with van der Waals surface area (Å²) in [4.78, 5) is 0.816. The smallest absolute Gasteiger partial charge is 0.211 e. The lowest BCUT2D eigenvalue weighted by atomic mass is 10.2. The number of benzene rings is 1. The predicted octanol–water partition coefficient (Wildman–Crippen LogP) is 2.90. The van der Waals surface area contributed by atoms with Crippen molar-refractivity contribution in [2.45, 2.75) is 30.4 Å². The highest BCUT2D eigenvalue weighted by atomic mass is 32.2. The van der Waals surface area contributed by atoms with Gasteiger partial charge in [0.25, 0.3) is 0 Å². The second kappa shape index (κ2) is 7.77. The van der Waals surface area contributed by atoms with Crippen LogP contribution in [0.1, 0.15) is 29.0 Å². The van der Waals surface area contributed by atoms with E-state index in [2.05, 4.69) is 4.72 Å². The average molecular weight is 388 g/mol. The summed E-state index contributed by atoms with van der Waals surface area (Å²) in [6.45, 7) is 3.48. The quantitative estimate of drug-likeness (QED) is 0.755. The van der Waals surface area contributed by atoms with Crippen LogP contribution < -0.4 is 4.72 Å². The Balaban J connectivity index is 2.35. The van der Waals surface area contributed by atoms with E-state index in [-0.39, 0.29) is 17.2 Å². The first-order valence-corrected chi connectivity index (χ1v) is 11.7. The molecule has 0 aliphatic carbocycles. The van der Waals surface area contributed by atoms with E-state index in [1.807, 2.05) is 6.92 Å². The molecule has 5 nitrogen and oxygen atoms in total. The minimum atomic E-state index is -3.69. The Labute approximate surface area is 147 Å². The number of nitrogens with one attached hydrogen (secondary N) is 1. The molecule has 0 spiro atoms. The molecule has 0 saturated carbocycles. The van der Waals surface area contributed by atoms with Crippen LogP contribution in [-0.2, 0) is 19.9 Å². The van der Waals surface area contributed by atoms with Gasteiger partial charge < -0.3 is 0 Å². The Morgan fingerprint density at radius 2 is 1.75 bits per heavy atom. The molecule has 0 aliphatic heterocycles. The third kappa shape index (κ3) is 4.66. The molecule has 0 amide bonds. The fourth-order valence-corrected chi connectivity index (χ4v) is 6.27. The minimum absolute atomic E-state index is 0.0191. The van der Waals surface area contributed by atoms with Crippen LogP contribution in [0.15, 0.2) is 46.7 Å². The summed E-state index contributed by atoms with van der Waals surface area (Å²) in [5, 5.41) is 0.847. The van der Waals surface area contributed by atoms with Gasteiger partial charge in [-0.3, -0.25) is 0 Å². The Bertz CT molecular complexity index is 855. The number of rotatable bonds is 8. The van der Waals surface area contributed by atoms with Crippen LogP contribution in [-0.4, -0.2) is 29.1 Å². The summed E-state index contributed by atoms with van der Waals surface area (Å²) >= 11 is 1.31. The molecule has 1 aromatic carbocycles. The first-order valence-electron chi connectivity index (χ1n) is 7.57. The van der Waals surface area contributed by atoms with Crippen molar-refractivity contribution in [2.75, 3.05) is 12.3 Å². The van der Waals surface area contributed by atoms with Gasteiger partial charge in [0.1, 0.15) is 5.25 Å². The van der Waals surface area contributed by atoms with Crippen LogP contribution in [0.25, 0.3) is 0 Å². The monoisotopic (exact) mass is 387 g/mol. The molecule has 1 aromatic heterocycles. The summed E-state index contributed by atoms with van der Waals surface area (Å²) in [6.07, 6.45) is 0.476. The van der Waals surface area contributed by atoms with Crippen LogP contribution in [0, 0.1) is 6.92 Å². The van der Waals surface area contributed by atoms with Gasteiger partial charge in [-0.15, -0.1) is 11.3 Å². The van der Waals surface area contributed by atoms with Crippen molar-refractivity contribution in [1.82, 2.24) is 4.72 Å². The minimum Gasteiger partial charge on any atom is -0.223 e. The van der Waals surface area contributed by atoms with Crippen molar-refractivity contribution < 1.29 is 16.8 Å². The summed E-state index contributed by atoms with van der Waals surface area (Å²) in [5.74, 6) is -0.0191. The zero-order valence-electron chi connectivity index (χ0n) is 13.6. The normalized spacial score (nSPS) is 13.8. The molecular formula is C16H21NO4S3. The molecular weight excluding hydrogens is 366 g/mol. The third-order valence-electron chi connectivity index (χ3n) is 3.55. The van der Waals surface area contributed by atoms with Crippen molar-refractivity contribution in [3.8, 4) is 0 Å². The zero-order valence-corrected chi connectivity index (χ0v) is 16.0. The van der Waals surface area contributed by atoms with Crippen molar-refractivity contribution in [1.29, 1.82) is 0 Å². The predicted molar refractivity (Wildman–Crippen MR) is 97.5 cm³/mol. The number of sulfonamides is 1. The molecule has 8 heteroatoms. The highest BCUT2D eigenvalue weighted by Crippen LogP contribution is 2.31. The number of hydrogen-bond donors (Lipinski definition) is 1. The molecule has 0 saturated heterocycles. The maximum atomic E-state index is 13.0. The van der Waals surface area contributed by atoms with Crippen LogP contribution in [0.2, 0.25) is 0 Å². The number of hydrogen-bond acceptors (Lipinski definition) is 5. The lowest BCUT2D eigenvalue weighted by Gasteiger charge is -2.17. The number of aryl methyl sites for hydroxylation is 1. The molecule has 24 heavy (non-hydrogen) atoms. The molecule has 0 aliphatic rings. The van der Waals surface area contributed by atoms with E-state index in [0.29, 0.717) is 11.3 Å². The molecule has 1 atom stereocenters. The second-order valence-corrected chi connectivity index (χ2v) is 10.6. The lowest BCUT2D eigenvalue weighted by Crippen LogP contribution is -2.33. The van der Waals surface area contributed by atoms with Gasteiger partial charge in [0.05, 0.1) is 10.6 Å². The van der Waals surface area contributed by atoms with Gasteiger partial charge in [-0.2, -0.15) is 0 Å². The fraction of sp³-hybridized carbons (Fsp3) is 0.375. The summed E-state index contributed by atoms with van der Waals surface area (Å²) in [5.41, 5.74) is 0.963. The number of sulfone groups is 1. The highest BCUT2D eigenvalue weighted by molar-refractivity contribution is 7.92.